The van der Waals surface area contributed by atoms with Gasteiger partial charge < -0.3 is 15.2 Å². The Morgan fingerprint density at radius 1 is 1.00 bits per heavy atom. The number of anilines is 1. The first-order valence-electron chi connectivity index (χ1n) is 10.6. The molecule has 0 saturated heterocycles. The Balaban J connectivity index is 0.00000400. The minimum absolute atomic E-state index is 0. The molecule has 0 aliphatic carbocycles. The van der Waals surface area contributed by atoms with Gasteiger partial charge in [-0.3, -0.25) is 9.35 Å². The second kappa shape index (κ2) is 12.0. The van der Waals surface area contributed by atoms with Gasteiger partial charge in [-0.05, 0) is 48.2 Å². The number of nitrogens with zero attached hydrogens (tertiary/aromatic N) is 2. The van der Waals surface area contributed by atoms with Crippen molar-refractivity contribution < 1.29 is 57.2 Å². The summed E-state index contributed by atoms with van der Waals surface area (Å²) >= 11 is 12.3. The summed E-state index contributed by atoms with van der Waals surface area (Å²) in [7, 11) is -3.20. The van der Waals surface area contributed by atoms with E-state index in [4.69, 9.17) is 27.9 Å². The third-order valence-corrected chi connectivity index (χ3v) is 7.11. The molecule has 0 aromatic heterocycles. The van der Waals surface area contributed by atoms with Crippen molar-refractivity contribution in [2.75, 3.05) is 12.4 Å². The third-order valence-electron chi connectivity index (χ3n) is 5.50. The summed E-state index contributed by atoms with van der Waals surface area (Å²) in [6.07, 6.45) is 0. The summed E-state index contributed by atoms with van der Waals surface area (Å²) < 4.78 is 38.5. The third kappa shape index (κ3) is 6.13. The molecule has 38 heavy (non-hydrogen) atoms. The minimum atomic E-state index is -4.67. The number of carbonyl (C=O) groups excluding carboxylic acids is 1. The van der Waals surface area contributed by atoms with Crippen molar-refractivity contribution in [3.8, 4) is 11.5 Å². The molecule has 0 heterocycles. The minimum Gasteiger partial charge on any atom is -0.870 e. The Labute approximate surface area is 250 Å². The van der Waals surface area contributed by atoms with Gasteiger partial charge in [0.1, 0.15) is 16.3 Å². The number of rotatable bonds is 6. The van der Waals surface area contributed by atoms with Crippen molar-refractivity contribution in [2.24, 2.45) is 10.2 Å². The summed E-state index contributed by atoms with van der Waals surface area (Å²) in [6.45, 7) is 1.49. The van der Waals surface area contributed by atoms with Crippen LogP contribution >= 0.6 is 23.2 Å². The van der Waals surface area contributed by atoms with Crippen molar-refractivity contribution in [1.29, 1.82) is 0 Å². The second-order valence-electron chi connectivity index (χ2n) is 7.82. The Morgan fingerprint density at radius 3 is 2.34 bits per heavy atom. The number of amides is 1. The fraction of sp³-hybridized carbons (Fsp3) is 0.0800. The molecule has 0 spiro atoms. The van der Waals surface area contributed by atoms with Crippen LogP contribution in [0.1, 0.15) is 15.9 Å². The predicted octanol–water partition coefficient (Wildman–Crippen LogP) is 3.46. The first kappa shape index (κ1) is 29.9. The molecule has 0 saturated carbocycles. The van der Waals surface area contributed by atoms with E-state index in [1.54, 1.807) is 30.3 Å². The molecule has 1 amide bonds. The largest absolute Gasteiger partial charge is 1.00 e. The molecule has 0 bridgehead atoms. The number of ether oxygens (including phenoxy) is 1. The summed E-state index contributed by atoms with van der Waals surface area (Å²) in [6, 6.07) is 15.1. The van der Waals surface area contributed by atoms with Gasteiger partial charge in [-0.15, -0.1) is 5.11 Å². The van der Waals surface area contributed by atoms with Crippen molar-refractivity contribution in [2.45, 2.75) is 11.8 Å². The van der Waals surface area contributed by atoms with Gasteiger partial charge in [0.2, 0.25) is 0 Å². The quantitative estimate of drug-likeness (QED) is 0.203. The van der Waals surface area contributed by atoms with E-state index < -0.39 is 26.7 Å². The molecule has 13 heteroatoms. The van der Waals surface area contributed by atoms with E-state index in [-0.39, 0.29) is 67.8 Å². The van der Waals surface area contributed by atoms with Gasteiger partial charge >= 0.3 is 29.6 Å². The smallest absolute Gasteiger partial charge is 0.870 e. The molecule has 0 unspecified atom stereocenters. The number of hydrogen-bond donors (Lipinski definition) is 2. The van der Waals surface area contributed by atoms with Gasteiger partial charge in [0.15, 0.2) is 0 Å². The van der Waals surface area contributed by atoms with Crippen molar-refractivity contribution in [3.05, 3.63) is 81.8 Å². The van der Waals surface area contributed by atoms with E-state index >= 15 is 0 Å². The fourth-order valence-electron chi connectivity index (χ4n) is 3.57. The normalized spacial score (nSPS) is 11.4. The molecular weight excluding hydrogens is 564 g/mol. The van der Waals surface area contributed by atoms with Crippen LogP contribution in [0.4, 0.5) is 17.1 Å². The zero-order valence-corrected chi connectivity index (χ0v) is 24.6. The van der Waals surface area contributed by atoms with E-state index in [0.29, 0.717) is 16.5 Å². The topological polar surface area (TPSA) is 140 Å². The molecule has 190 valence electrons. The maximum absolute atomic E-state index is 13.4. The molecule has 0 atom stereocenters. The van der Waals surface area contributed by atoms with E-state index in [0.717, 1.165) is 6.07 Å². The van der Waals surface area contributed by atoms with E-state index in [1.165, 1.54) is 38.3 Å². The van der Waals surface area contributed by atoms with Crippen LogP contribution in [-0.4, -0.2) is 26.0 Å². The van der Waals surface area contributed by atoms with Crippen LogP contribution in [0.15, 0.2) is 75.8 Å². The molecule has 4 aromatic rings. The SMILES string of the molecule is COc1ccc(NC(=O)c2cc3ccccc3c(N=Nc3c(S(=O)(=O)O)ccc(Cl)c3C)c2[O-])c(Cl)c1.[Na+]. The summed E-state index contributed by atoms with van der Waals surface area (Å²) in [5.41, 5.74) is -0.198. The second-order valence-corrected chi connectivity index (χ2v) is 10.0. The van der Waals surface area contributed by atoms with E-state index in [2.05, 4.69) is 15.5 Å². The number of azo groups is 1. The van der Waals surface area contributed by atoms with E-state index in [9.17, 15) is 22.9 Å². The summed E-state index contributed by atoms with van der Waals surface area (Å²) in [4.78, 5) is 12.6. The number of nitrogens with one attached hydrogen (secondary N) is 1. The van der Waals surface area contributed by atoms with Crippen molar-refractivity contribution in [1.82, 2.24) is 0 Å². The van der Waals surface area contributed by atoms with Gasteiger partial charge in [-0.1, -0.05) is 53.2 Å². The molecule has 0 aliphatic rings. The summed E-state index contributed by atoms with van der Waals surface area (Å²) in [5.74, 6) is -1.00. The Bertz CT molecular complexity index is 1700. The van der Waals surface area contributed by atoms with Gasteiger partial charge in [-0.2, -0.15) is 13.5 Å². The van der Waals surface area contributed by atoms with Crippen LogP contribution in [0.5, 0.6) is 11.5 Å². The number of benzene rings is 4. The maximum atomic E-state index is 13.4. The van der Waals surface area contributed by atoms with Gasteiger partial charge in [0.05, 0.1) is 23.5 Å². The van der Waals surface area contributed by atoms with Gasteiger partial charge in [-0.25, -0.2) is 0 Å². The summed E-state index contributed by atoms with van der Waals surface area (Å²) in [5, 5.41) is 25.3. The first-order chi connectivity index (χ1) is 17.5. The maximum Gasteiger partial charge on any atom is 1.00 e. The molecule has 0 aliphatic heterocycles. The average molecular weight is 582 g/mol. The Hall–Kier alpha value is -2.70. The van der Waals surface area contributed by atoms with Crippen LogP contribution in [0.25, 0.3) is 10.8 Å². The molecule has 4 aromatic carbocycles. The molecule has 2 N–H and O–H groups in total. The van der Waals surface area contributed by atoms with Crippen LogP contribution in [0.3, 0.4) is 0 Å². The zero-order chi connectivity index (χ0) is 26.9. The zero-order valence-electron chi connectivity index (χ0n) is 20.3. The Morgan fingerprint density at radius 2 is 1.68 bits per heavy atom. The van der Waals surface area contributed by atoms with Crippen molar-refractivity contribution in [3.63, 3.8) is 0 Å². The number of halogens is 2. The monoisotopic (exact) mass is 581 g/mol. The molecule has 9 nitrogen and oxygen atoms in total. The van der Waals surface area contributed by atoms with Crippen LogP contribution in [-0.2, 0) is 10.1 Å². The molecular formula is C25H18Cl2N3NaO6S. The fourth-order valence-corrected chi connectivity index (χ4v) is 4.62. The van der Waals surface area contributed by atoms with Crippen LogP contribution in [0.2, 0.25) is 10.0 Å². The average Bonchev–Trinajstić information content (AvgIpc) is 2.85. The van der Waals surface area contributed by atoms with E-state index in [1.807, 2.05) is 0 Å². The van der Waals surface area contributed by atoms with Crippen LogP contribution in [0, 0.1) is 6.92 Å². The molecule has 0 radical (unpaired) electrons. The number of fused-ring (bicyclic) bond motifs is 1. The van der Waals surface area contributed by atoms with Crippen molar-refractivity contribution >= 4 is 67.1 Å². The predicted molar refractivity (Wildman–Crippen MR) is 140 cm³/mol. The Kier molecular flexibility index (Phi) is 9.43. The van der Waals surface area contributed by atoms with Gasteiger partial charge in [0, 0.05) is 22.0 Å². The molecule has 0 fully saturated rings. The number of carbonyl (C=O) groups is 1. The van der Waals surface area contributed by atoms with Gasteiger partial charge in [0.25, 0.3) is 16.0 Å². The van der Waals surface area contributed by atoms with Crippen LogP contribution < -0.4 is 44.7 Å². The standard InChI is InChI=1S/C25H19Cl2N3O6S.Na/c1-13-18(26)8-10-21(37(33,34)35)22(13)29-30-23-16-6-4-3-5-14(16)11-17(24(23)31)25(32)28-20-9-7-15(36-2)12-19(20)27;/h3-12,31H,1-2H3,(H,28,32)(H,33,34,35);/q;+1/p-1. The number of methoxy groups -OCH3 is 1. The first-order valence-corrected chi connectivity index (χ1v) is 12.8. The molecule has 4 rings (SSSR count). The number of hydrogen-bond acceptors (Lipinski definition) is 7.